The number of aliphatic carboxylic acids is 1. The highest BCUT2D eigenvalue weighted by molar-refractivity contribution is 6.32. The third-order valence-corrected chi connectivity index (χ3v) is 2.07. The van der Waals surface area contributed by atoms with Crippen molar-refractivity contribution in [3.63, 3.8) is 0 Å². The van der Waals surface area contributed by atoms with Gasteiger partial charge < -0.3 is 9.84 Å². The predicted octanol–water partition coefficient (Wildman–Crippen LogP) is 2.84. The molecule has 1 rings (SSSR count). The molecule has 0 aliphatic carbocycles. The minimum absolute atomic E-state index is 0.00362. The molecule has 80 valence electrons. The van der Waals surface area contributed by atoms with Gasteiger partial charge in [0.1, 0.15) is 5.75 Å². The number of halogens is 1. The van der Waals surface area contributed by atoms with Gasteiger partial charge >= 0.3 is 5.97 Å². The summed E-state index contributed by atoms with van der Waals surface area (Å²) in [5, 5.41) is 8.94. The lowest BCUT2D eigenvalue weighted by Crippen LogP contribution is -1.89. The molecule has 0 amide bonds. The molecule has 4 heteroatoms. The number of carboxylic acid groups (broad SMARTS) is 1. The quantitative estimate of drug-likeness (QED) is 0.859. The molecule has 1 aromatic rings. The van der Waals surface area contributed by atoms with Crippen molar-refractivity contribution < 1.29 is 14.6 Å². The van der Waals surface area contributed by atoms with Crippen LogP contribution in [0.15, 0.2) is 24.3 Å². The van der Waals surface area contributed by atoms with E-state index in [1.54, 1.807) is 31.4 Å². The molecule has 0 atom stereocenters. The fourth-order valence-electron chi connectivity index (χ4n) is 1.08. The normalized spacial score (nSPS) is 10.5. The van der Waals surface area contributed by atoms with Crippen molar-refractivity contribution in [2.45, 2.75) is 6.42 Å². The van der Waals surface area contributed by atoms with Crippen LogP contribution in [0.5, 0.6) is 5.75 Å². The van der Waals surface area contributed by atoms with E-state index in [1.165, 1.54) is 0 Å². The van der Waals surface area contributed by atoms with E-state index in [0.717, 1.165) is 5.56 Å². The molecular weight excluding hydrogens is 216 g/mol. The summed E-state index contributed by atoms with van der Waals surface area (Å²) in [6.45, 7) is 0. The van der Waals surface area contributed by atoms with Crippen LogP contribution in [-0.4, -0.2) is 18.2 Å². The Bertz CT molecular complexity index is 385. The molecule has 0 radical (unpaired) electrons. The Labute approximate surface area is 92.9 Å². The summed E-state index contributed by atoms with van der Waals surface area (Å²) in [6.07, 6.45) is 3.28. The van der Waals surface area contributed by atoms with Crippen LogP contribution < -0.4 is 4.74 Å². The molecule has 0 heterocycles. The van der Waals surface area contributed by atoms with Gasteiger partial charge in [-0.25, -0.2) is 0 Å². The molecule has 0 saturated heterocycles. The Morgan fingerprint density at radius 3 is 2.87 bits per heavy atom. The molecule has 15 heavy (non-hydrogen) atoms. The standard InChI is InChI=1S/C11H11ClO3/c1-15-10-6-5-8(7-9(10)12)3-2-4-11(13)14/h2-3,5-7H,4H2,1H3,(H,13,14). The molecule has 0 spiro atoms. The average Bonchev–Trinajstić information content (AvgIpc) is 2.17. The van der Waals surface area contributed by atoms with E-state index in [-0.39, 0.29) is 6.42 Å². The van der Waals surface area contributed by atoms with Crippen LogP contribution in [0, 0.1) is 0 Å². The van der Waals surface area contributed by atoms with E-state index in [2.05, 4.69) is 0 Å². The second-order valence-electron chi connectivity index (χ2n) is 2.89. The molecule has 0 bridgehead atoms. The summed E-state index contributed by atoms with van der Waals surface area (Å²) in [4.78, 5) is 10.3. The monoisotopic (exact) mass is 226 g/mol. The largest absolute Gasteiger partial charge is 0.495 e. The Hall–Kier alpha value is -1.48. The van der Waals surface area contributed by atoms with E-state index in [4.69, 9.17) is 21.4 Å². The number of ether oxygens (including phenoxy) is 1. The van der Waals surface area contributed by atoms with Crippen molar-refractivity contribution in [1.82, 2.24) is 0 Å². The van der Waals surface area contributed by atoms with Gasteiger partial charge in [-0.1, -0.05) is 29.8 Å². The first-order chi connectivity index (χ1) is 7.13. The van der Waals surface area contributed by atoms with Gasteiger partial charge in [-0.15, -0.1) is 0 Å². The zero-order valence-corrected chi connectivity index (χ0v) is 8.99. The first kappa shape index (κ1) is 11.6. The van der Waals surface area contributed by atoms with Gasteiger partial charge in [-0.3, -0.25) is 4.79 Å². The maximum absolute atomic E-state index is 10.3. The third-order valence-electron chi connectivity index (χ3n) is 1.78. The Morgan fingerprint density at radius 1 is 1.60 bits per heavy atom. The van der Waals surface area contributed by atoms with Crippen molar-refractivity contribution in [3.8, 4) is 5.75 Å². The van der Waals surface area contributed by atoms with E-state index in [0.29, 0.717) is 10.8 Å². The molecular formula is C11H11ClO3. The first-order valence-corrected chi connectivity index (χ1v) is 4.73. The Balaban J connectivity index is 2.75. The van der Waals surface area contributed by atoms with Crippen LogP contribution in [0.25, 0.3) is 6.08 Å². The van der Waals surface area contributed by atoms with Gasteiger partial charge in [0.15, 0.2) is 0 Å². The predicted molar refractivity (Wildman–Crippen MR) is 59.3 cm³/mol. The van der Waals surface area contributed by atoms with Gasteiger partial charge in [0, 0.05) is 0 Å². The second kappa shape index (κ2) is 5.41. The van der Waals surface area contributed by atoms with Crippen LogP contribution in [0.3, 0.4) is 0 Å². The summed E-state index contributed by atoms with van der Waals surface area (Å²) >= 11 is 5.90. The number of hydrogen-bond acceptors (Lipinski definition) is 2. The molecule has 0 saturated carbocycles. The van der Waals surface area contributed by atoms with Crippen molar-refractivity contribution in [2.24, 2.45) is 0 Å². The van der Waals surface area contributed by atoms with Crippen molar-refractivity contribution >= 4 is 23.6 Å². The maximum Gasteiger partial charge on any atom is 0.307 e. The number of carbonyl (C=O) groups is 1. The van der Waals surface area contributed by atoms with Crippen molar-refractivity contribution in [3.05, 3.63) is 34.9 Å². The molecule has 0 aliphatic heterocycles. The third kappa shape index (κ3) is 3.64. The van der Waals surface area contributed by atoms with E-state index in [1.807, 2.05) is 6.07 Å². The molecule has 1 N–H and O–H groups in total. The minimum Gasteiger partial charge on any atom is -0.495 e. The highest BCUT2D eigenvalue weighted by atomic mass is 35.5. The molecule has 0 unspecified atom stereocenters. The summed E-state index contributed by atoms with van der Waals surface area (Å²) in [5.41, 5.74) is 0.849. The molecule has 0 aliphatic rings. The molecule has 1 aromatic carbocycles. The average molecular weight is 227 g/mol. The van der Waals surface area contributed by atoms with Gasteiger partial charge in [-0.2, -0.15) is 0 Å². The second-order valence-corrected chi connectivity index (χ2v) is 3.30. The molecule has 0 aromatic heterocycles. The summed E-state index contributed by atoms with van der Waals surface area (Å²) in [6, 6.07) is 5.27. The van der Waals surface area contributed by atoms with Crippen molar-refractivity contribution in [2.75, 3.05) is 7.11 Å². The Morgan fingerprint density at radius 2 is 2.33 bits per heavy atom. The smallest absolute Gasteiger partial charge is 0.307 e. The Kier molecular flexibility index (Phi) is 4.18. The number of benzene rings is 1. The summed E-state index contributed by atoms with van der Waals surface area (Å²) in [7, 11) is 1.54. The van der Waals surface area contributed by atoms with Crippen LogP contribution in [0.4, 0.5) is 0 Å². The van der Waals surface area contributed by atoms with Crippen LogP contribution >= 0.6 is 11.6 Å². The van der Waals surface area contributed by atoms with E-state index < -0.39 is 5.97 Å². The van der Waals surface area contributed by atoms with Gasteiger partial charge in [0.25, 0.3) is 0 Å². The van der Waals surface area contributed by atoms with Crippen LogP contribution in [0.1, 0.15) is 12.0 Å². The lowest BCUT2D eigenvalue weighted by atomic mass is 10.2. The maximum atomic E-state index is 10.3. The fraction of sp³-hybridized carbons (Fsp3) is 0.182. The van der Waals surface area contributed by atoms with E-state index >= 15 is 0 Å². The van der Waals surface area contributed by atoms with Gasteiger partial charge in [0.05, 0.1) is 18.6 Å². The minimum atomic E-state index is -0.856. The topological polar surface area (TPSA) is 46.5 Å². The van der Waals surface area contributed by atoms with Gasteiger partial charge in [0.2, 0.25) is 0 Å². The number of carboxylic acids is 1. The van der Waals surface area contributed by atoms with Crippen LogP contribution in [-0.2, 0) is 4.79 Å². The number of hydrogen-bond donors (Lipinski definition) is 1. The first-order valence-electron chi connectivity index (χ1n) is 4.35. The lowest BCUT2D eigenvalue weighted by Gasteiger charge is -2.02. The lowest BCUT2D eigenvalue weighted by molar-refractivity contribution is -0.135. The highest BCUT2D eigenvalue weighted by Gasteiger charge is 1.99. The SMILES string of the molecule is COc1ccc(C=CCC(=O)O)cc1Cl. The number of methoxy groups -OCH3 is 1. The van der Waals surface area contributed by atoms with Gasteiger partial charge in [-0.05, 0) is 17.7 Å². The summed E-state index contributed by atoms with van der Waals surface area (Å²) in [5.74, 6) is -0.252. The summed E-state index contributed by atoms with van der Waals surface area (Å²) < 4.78 is 4.99. The molecule has 3 nitrogen and oxygen atoms in total. The zero-order chi connectivity index (χ0) is 11.3. The molecule has 0 fully saturated rings. The van der Waals surface area contributed by atoms with Crippen molar-refractivity contribution in [1.29, 1.82) is 0 Å². The zero-order valence-electron chi connectivity index (χ0n) is 8.24. The van der Waals surface area contributed by atoms with E-state index in [9.17, 15) is 4.79 Å². The highest BCUT2D eigenvalue weighted by Crippen LogP contribution is 2.25. The number of rotatable bonds is 4. The van der Waals surface area contributed by atoms with Crippen LogP contribution in [0.2, 0.25) is 5.02 Å². The fourth-order valence-corrected chi connectivity index (χ4v) is 1.35.